The van der Waals surface area contributed by atoms with Gasteiger partial charge in [-0.05, 0) is 19.4 Å². The van der Waals surface area contributed by atoms with Crippen LogP contribution in [0.15, 0.2) is 15.8 Å². The smallest absolute Gasteiger partial charge is 0.326 e. The van der Waals surface area contributed by atoms with Gasteiger partial charge in [-0.3, -0.25) is 14.3 Å². The maximum Gasteiger partial charge on any atom is 0.328 e. The highest BCUT2D eigenvalue weighted by Crippen LogP contribution is 2.07. The van der Waals surface area contributed by atoms with Crippen LogP contribution in [0.2, 0.25) is 0 Å². The van der Waals surface area contributed by atoms with Crippen molar-refractivity contribution in [2.45, 2.75) is 38.4 Å². The zero-order valence-corrected chi connectivity index (χ0v) is 9.74. The number of nitrogens with one attached hydrogen (secondary N) is 2. The van der Waals surface area contributed by atoms with Gasteiger partial charge in [0.2, 0.25) is 0 Å². The zero-order valence-electron chi connectivity index (χ0n) is 9.74. The lowest BCUT2D eigenvalue weighted by molar-refractivity contribution is 0.357. The fourth-order valence-corrected chi connectivity index (χ4v) is 2.15. The molecular formula is C11H18N4O2. The molecule has 0 saturated carbocycles. The van der Waals surface area contributed by atoms with E-state index in [-0.39, 0.29) is 17.8 Å². The molecule has 0 aromatic carbocycles. The lowest BCUT2D eigenvalue weighted by Gasteiger charge is -2.24. The topological polar surface area (TPSA) is 92.9 Å². The molecule has 1 aliphatic heterocycles. The molecule has 1 fully saturated rings. The number of piperidine rings is 1. The number of hydrogen-bond acceptors (Lipinski definition) is 4. The van der Waals surface area contributed by atoms with Crippen LogP contribution in [-0.2, 0) is 13.1 Å². The van der Waals surface area contributed by atoms with E-state index in [1.54, 1.807) is 6.20 Å². The van der Waals surface area contributed by atoms with E-state index in [2.05, 4.69) is 10.3 Å². The molecule has 1 unspecified atom stereocenters. The Morgan fingerprint density at radius 3 is 2.88 bits per heavy atom. The summed E-state index contributed by atoms with van der Waals surface area (Å²) in [5.41, 5.74) is 5.15. The van der Waals surface area contributed by atoms with E-state index in [4.69, 9.17) is 5.73 Å². The highest BCUT2D eigenvalue weighted by atomic mass is 16.2. The lowest BCUT2D eigenvalue weighted by atomic mass is 10.1. The first kappa shape index (κ1) is 12.1. The minimum absolute atomic E-state index is 0.147. The van der Waals surface area contributed by atoms with E-state index in [1.165, 1.54) is 17.4 Å². The second-order valence-corrected chi connectivity index (χ2v) is 4.42. The highest BCUT2D eigenvalue weighted by Gasteiger charge is 2.14. The number of nitrogens with zero attached hydrogens (tertiary/aromatic N) is 1. The van der Waals surface area contributed by atoms with Crippen molar-refractivity contribution in [2.75, 3.05) is 6.54 Å². The molecule has 0 aliphatic carbocycles. The molecule has 2 rings (SSSR count). The predicted molar refractivity (Wildman–Crippen MR) is 64.9 cm³/mol. The second kappa shape index (κ2) is 5.29. The van der Waals surface area contributed by atoms with Crippen LogP contribution < -0.4 is 22.3 Å². The number of nitrogens with two attached hydrogens (primary N) is 1. The van der Waals surface area contributed by atoms with Crippen molar-refractivity contribution >= 4 is 0 Å². The second-order valence-electron chi connectivity index (χ2n) is 4.42. The van der Waals surface area contributed by atoms with Crippen LogP contribution in [0.4, 0.5) is 0 Å². The fourth-order valence-electron chi connectivity index (χ4n) is 2.15. The third-order valence-corrected chi connectivity index (χ3v) is 3.13. The van der Waals surface area contributed by atoms with Crippen LogP contribution in [0.1, 0.15) is 24.8 Å². The minimum atomic E-state index is -0.384. The average Bonchev–Trinajstić information content (AvgIpc) is 2.34. The highest BCUT2D eigenvalue weighted by molar-refractivity contribution is 5.03. The Bertz CT molecular complexity index is 485. The Balaban J connectivity index is 2.19. The molecule has 0 amide bonds. The van der Waals surface area contributed by atoms with Gasteiger partial charge in [0.15, 0.2) is 0 Å². The first-order valence-electron chi connectivity index (χ1n) is 5.97. The van der Waals surface area contributed by atoms with Crippen LogP contribution >= 0.6 is 0 Å². The predicted octanol–water partition coefficient (Wildman–Crippen LogP) is -0.863. The molecular weight excluding hydrogens is 220 g/mol. The van der Waals surface area contributed by atoms with E-state index in [1.807, 2.05) is 0 Å². The van der Waals surface area contributed by atoms with E-state index >= 15 is 0 Å². The van der Waals surface area contributed by atoms with Gasteiger partial charge in [0.05, 0.1) is 0 Å². The van der Waals surface area contributed by atoms with Crippen LogP contribution in [0.5, 0.6) is 0 Å². The summed E-state index contributed by atoms with van der Waals surface area (Å²) < 4.78 is 1.53. The number of aromatic nitrogens is 2. The lowest BCUT2D eigenvalue weighted by Crippen LogP contribution is -2.42. The van der Waals surface area contributed by atoms with E-state index in [0.29, 0.717) is 18.2 Å². The van der Waals surface area contributed by atoms with Gasteiger partial charge in [-0.25, -0.2) is 4.79 Å². The molecule has 0 radical (unpaired) electrons. The fraction of sp³-hybridized carbons (Fsp3) is 0.636. The molecule has 1 saturated heterocycles. The monoisotopic (exact) mass is 238 g/mol. The summed E-state index contributed by atoms with van der Waals surface area (Å²) in [4.78, 5) is 25.3. The van der Waals surface area contributed by atoms with Gasteiger partial charge in [-0.2, -0.15) is 0 Å². The first-order chi connectivity index (χ1) is 8.20. The van der Waals surface area contributed by atoms with E-state index in [9.17, 15) is 9.59 Å². The van der Waals surface area contributed by atoms with Crippen molar-refractivity contribution in [3.63, 3.8) is 0 Å². The first-order valence-corrected chi connectivity index (χ1v) is 5.97. The Hall–Kier alpha value is -1.40. The summed E-state index contributed by atoms with van der Waals surface area (Å²) >= 11 is 0. The molecule has 1 aromatic rings. The summed E-state index contributed by atoms with van der Waals surface area (Å²) in [7, 11) is 0. The van der Waals surface area contributed by atoms with Gasteiger partial charge in [0.1, 0.15) is 0 Å². The zero-order chi connectivity index (χ0) is 12.3. The molecule has 1 aromatic heterocycles. The molecule has 1 atom stereocenters. The molecule has 6 heteroatoms. The summed E-state index contributed by atoms with van der Waals surface area (Å²) in [5, 5.41) is 3.36. The molecule has 6 nitrogen and oxygen atoms in total. The quantitative estimate of drug-likeness (QED) is 0.638. The van der Waals surface area contributed by atoms with Crippen molar-refractivity contribution in [1.82, 2.24) is 14.9 Å². The third-order valence-electron chi connectivity index (χ3n) is 3.13. The maximum absolute atomic E-state index is 11.6. The Kier molecular flexibility index (Phi) is 3.75. The van der Waals surface area contributed by atoms with E-state index in [0.717, 1.165) is 13.0 Å². The molecule has 4 N–H and O–H groups in total. The van der Waals surface area contributed by atoms with Gasteiger partial charge >= 0.3 is 5.69 Å². The normalized spacial score (nSPS) is 20.4. The summed E-state index contributed by atoms with van der Waals surface area (Å²) in [6.07, 6.45) is 4.99. The summed E-state index contributed by atoms with van der Waals surface area (Å²) in [5.74, 6) is 0. The van der Waals surface area contributed by atoms with Crippen molar-refractivity contribution in [1.29, 1.82) is 0 Å². The van der Waals surface area contributed by atoms with Crippen LogP contribution in [0.25, 0.3) is 0 Å². The van der Waals surface area contributed by atoms with Crippen LogP contribution in [-0.4, -0.2) is 22.1 Å². The van der Waals surface area contributed by atoms with Crippen molar-refractivity contribution < 1.29 is 0 Å². The number of aromatic amines is 1. The van der Waals surface area contributed by atoms with Gasteiger partial charge in [-0.1, -0.05) is 6.42 Å². The van der Waals surface area contributed by atoms with Gasteiger partial charge < -0.3 is 11.1 Å². The van der Waals surface area contributed by atoms with Crippen molar-refractivity contribution in [3.05, 3.63) is 32.6 Å². The van der Waals surface area contributed by atoms with Gasteiger partial charge in [0, 0.05) is 30.9 Å². The molecule has 94 valence electrons. The largest absolute Gasteiger partial charge is 0.328 e. The SMILES string of the molecule is NCc1cn(CC2CCCCN2)c(=O)[nH]c1=O. The van der Waals surface area contributed by atoms with Gasteiger partial charge in [-0.15, -0.1) is 0 Å². The Labute approximate surface area is 98.8 Å². The van der Waals surface area contributed by atoms with Gasteiger partial charge in [0.25, 0.3) is 5.56 Å². The maximum atomic E-state index is 11.6. The number of H-pyrrole nitrogens is 1. The summed E-state index contributed by atoms with van der Waals surface area (Å²) in [6.45, 7) is 1.73. The average molecular weight is 238 g/mol. The number of hydrogen-bond donors (Lipinski definition) is 3. The molecule has 0 spiro atoms. The summed E-state index contributed by atoms with van der Waals surface area (Å²) in [6, 6.07) is 0.304. The van der Waals surface area contributed by atoms with Crippen LogP contribution in [0, 0.1) is 0 Å². The Morgan fingerprint density at radius 2 is 2.24 bits per heavy atom. The van der Waals surface area contributed by atoms with Crippen LogP contribution in [0.3, 0.4) is 0 Å². The molecule has 0 bridgehead atoms. The van der Waals surface area contributed by atoms with Crippen molar-refractivity contribution in [3.8, 4) is 0 Å². The Morgan fingerprint density at radius 1 is 1.41 bits per heavy atom. The van der Waals surface area contributed by atoms with E-state index < -0.39 is 0 Å². The molecule has 2 heterocycles. The molecule has 1 aliphatic rings. The standard InChI is InChI=1S/C11H18N4O2/c12-5-8-6-15(11(17)14-10(8)16)7-9-3-1-2-4-13-9/h6,9,13H,1-5,7,12H2,(H,14,16,17). The molecule has 17 heavy (non-hydrogen) atoms. The number of rotatable bonds is 3. The minimum Gasteiger partial charge on any atom is -0.326 e. The van der Waals surface area contributed by atoms with Crippen molar-refractivity contribution in [2.24, 2.45) is 5.73 Å². The third kappa shape index (κ3) is 2.83.